The highest BCUT2D eigenvalue weighted by atomic mass is 16.5. The van der Waals surface area contributed by atoms with Crippen LogP contribution in [0.15, 0.2) is 54.7 Å². The summed E-state index contributed by atoms with van der Waals surface area (Å²) in [6, 6.07) is 15.4. The number of hydrogen-bond acceptors (Lipinski definition) is 3. The third-order valence-electron chi connectivity index (χ3n) is 6.29. The predicted octanol–water partition coefficient (Wildman–Crippen LogP) is 4.63. The molecule has 0 bridgehead atoms. The number of nitrogens with zero attached hydrogens (tertiary/aromatic N) is 1. The molecule has 1 aliphatic carbocycles. The molecular weight excluding hydrogens is 374 g/mol. The van der Waals surface area contributed by atoms with Crippen molar-refractivity contribution >= 4 is 22.4 Å². The number of aromatic amines is 1. The van der Waals surface area contributed by atoms with Crippen LogP contribution in [-0.4, -0.2) is 34.1 Å². The maximum Gasteiger partial charge on any atom is 0.267 e. The third kappa shape index (κ3) is 4.04. The SMILES string of the molecule is CCN(CCc1c[nH]c2ccccc12)C1CCc2cc(C(C)=CC(=O)NO)ccc21. The van der Waals surface area contributed by atoms with Gasteiger partial charge >= 0.3 is 0 Å². The van der Waals surface area contributed by atoms with Crippen LogP contribution in [0.25, 0.3) is 16.5 Å². The van der Waals surface area contributed by atoms with Crippen molar-refractivity contribution in [2.24, 2.45) is 0 Å². The fraction of sp³-hybridized carbons (Fsp3) is 0.320. The van der Waals surface area contributed by atoms with Crippen LogP contribution in [0.2, 0.25) is 0 Å². The standard InChI is InChI=1S/C25H29N3O2/c1-3-28(13-12-20-16-26-23-7-5-4-6-21(20)23)24-11-9-19-15-18(8-10-22(19)24)17(2)14-25(29)27-30/h4-8,10,14-16,24,26,30H,3,9,11-13H2,1-2H3,(H,27,29). The summed E-state index contributed by atoms with van der Waals surface area (Å²) < 4.78 is 0. The largest absolute Gasteiger partial charge is 0.361 e. The number of aryl methyl sites for hydroxylation is 1. The topological polar surface area (TPSA) is 68.4 Å². The summed E-state index contributed by atoms with van der Waals surface area (Å²) in [6.45, 7) is 6.18. The Kier molecular flexibility index (Phi) is 6.02. The van der Waals surface area contributed by atoms with Gasteiger partial charge in [-0.1, -0.05) is 43.3 Å². The first-order valence-electron chi connectivity index (χ1n) is 10.6. The molecule has 1 amide bonds. The summed E-state index contributed by atoms with van der Waals surface area (Å²) in [5.74, 6) is -0.500. The van der Waals surface area contributed by atoms with Crippen molar-refractivity contribution in [1.29, 1.82) is 0 Å². The lowest BCUT2D eigenvalue weighted by Gasteiger charge is -2.28. The maximum atomic E-state index is 11.4. The van der Waals surface area contributed by atoms with Crippen molar-refractivity contribution in [2.45, 2.75) is 39.2 Å². The van der Waals surface area contributed by atoms with E-state index in [1.165, 1.54) is 33.7 Å². The minimum atomic E-state index is -0.500. The average molecular weight is 404 g/mol. The van der Waals surface area contributed by atoms with Crippen LogP contribution in [0.1, 0.15) is 48.6 Å². The van der Waals surface area contributed by atoms with E-state index in [0.717, 1.165) is 43.5 Å². The Morgan fingerprint density at radius 3 is 2.93 bits per heavy atom. The first-order valence-corrected chi connectivity index (χ1v) is 10.6. The molecule has 0 radical (unpaired) electrons. The van der Waals surface area contributed by atoms with E-state index in [0.29, 0.717) is 6.04 Å². The first kappa shape index (κ1) is 20.4. The first-order chi connectivity index (χ1) is 14.6. The molecule has 156 valence electrons. The number of hydroxylamine groups is 1. The number of carbonyl (C=O) groups is 1. The Morgan fingerprint density at radius 2 is 2.13 bits per heavy atom. The van der Waals surface area contributed by atoms with Crippen molar-refractivity contribution in [1.82, 2.24) is 15.4 Å². The van der Waals surface area contributed by atoms with Gasteiger partial charge in [0.15, 0.2) is 0 Å². The van der Waals surface area contributed by atoms with Crippen LogP contribution in [0.3, 0.4) is 0 Å². The van der Waals surface area contributed by atoms with Gasteiger partial charge in [0.2, 0.25) is 0 Å². The second-order valence-electron chi connectivity index (χ2n) is 8.01. The molecule has 0 saturated carbocycles. The molecule has 3 N–H and O–H groups in total. The lowest BCUT2D eigenvalue weighted by Crippen LogP contribution is -2.29. The van der Waals surface area contributed by atoms with Crippen molar-refractivity contribution in [2.75, 3.05) is 13.1 Å². The van der Waals surface area contributed by atoms with Gasteiger partial charge in [0.1, 0.15) is 0 Å². The zero-order valence-corrected chi connectivity index (χ0v) is 17.6. The molecule has 5 heteroatoms. The molecule has 1 aromatic heterocycles. The third-order valence-corrected chi connectivity index (χ3v) is 6.29. The number of para-hydroxylation sites is 1. The highest BCUT2D eigenvalue weighted by Crippen LogP contribution is 2.37. The monoisotopic (exact) mass is 403 g/mol. The quantitative estimate of drug-likeness (QED) is 0.306. The number of aromatic nitrogens is 1. The number of fused-ring (bicyclic) bond motifs is 2. The van der Waals surface area contributed by atoms with Gasteiger partial charge in [-0.2, -0.15) is 0 Å². The van der Waals surface area contributed by atoms with Crippen molar-refractivity contribution in [3.8, 4) is 0 Å². The summed E-state index contributed by atoms with van der Waals surface area (Å²) in [4.78, 5) is 17.4. The molecule has 0 fully saturated rings. The van der Waals surface area contributed by atoms with Crippen LogP contribution in [0.5, 0.6) is 0 Å². The minimum absolute atomic E-state index is 0.439. The average Bonchev–Trinajstić information content (AvgIpc) is 3.38. The molecule has 1 atom stereocenters. The molecule has 1 heterocycles. The summed E-state index contributed by atoms with van der Waals surface area (Å²) >= 11 is 0. The summed E-state index contributed by atoms with van der Waals surface area (Å²) in [6.07, 6.45) is 6.77. The fourth-order valence-corrected chi connectivity index (χ4v) is 4.67. The van der Waals surface area contributed by atoms with Gasteiger partial charge in [-0.15, -0.1) is 0 Å². The summed E-state index contributed by atoms with van der Waals surface area (Å²) in [5.41, 5.74) is 8.87. The van der Waals surface area contributed by atoms with E-state index in [4.69, 9.17) is 5.21 Å². The van der Waals surface area contributed by atoms with Gasteiger partial charge < -0.3 is 4.98 Å². The van der Waals surface area contributed by atoms with Crippen molar-refractivity contribution in [3.63, 3.8) is 0 Å². The molecular formula is C25H29N3O2. The van der Waals surface area contributed by atoms with Crippen LogP contribution in [0.4, 0.5) is 0 Å². The molecule has 4 rings (SSSR count). The lowest BCUT2D eigenvalue weighted by atomic mass is 9.99. The molecule has 2 aromatic carbocycles. The predicted molar refractivity (Wildman–Crippen MR) is 120 cm³/mol. The number of amides is 1. The van der Waals surface area contributed by atoms with E-state index in [9.17, 15) is 4.79 Å². The van der Waals surface area contributed by atoms with E-state index in [2.05, 4.69) is 65.5 Å². The Bertz CT molecular complexity index is 1080. The van der Waals surface area contributed by atoms with Gasteiger partial charge in [0, 0.05) is 35.8 Å². The molecule has 5 nitrogen and oxygen atoms in total. The van der Waals surface area contributed by atoms with Crippen molar-refractivity contribution in [3.05, 3.63) is 77.0 Å². The molecule has 3 aromatic rings. The molecule has 0 aliphatic heterocycles. The van der Waals surface area contributed by atoms with Crippen LogP contribution in [0, 0.1) is 0 Å². The van der Waals surface area contributed by atoms with Crippen LogP contribution < -0.4 is 5.48 Å². The molecule has 0 spiro atoms. The molecule has 1 unspecified atom stereocenters. The van der Waals surface area contributed by atoms with Gasteiger partial charge in [-0.25, -0.2) is 5.48 Å². The summed E-state index contributed by atoms with van der Waals surface area (Å²) in [7, 11) is 0. The number of hydrogen-bond donors (Lipinski definition) is 3. The minimum Gasteiger partial charge on any atom is -0.361 e. The number of likely N-dealkylation sites (N-methyl/N-ethyl adjacent to an activating group) is 1. The van der Waals surface area contributed by atoms with Gasteiger partial charge in [-0.3, -0.25) is 14.9 Å². The maximum absolute atomic E-state index is 11.4. The van der Waals surface area contributed by atoms with Gasteiger partial charge in [0.05, 0.1) is 0 Å². The van der Waals surface area contributed by atoms with Crippen molar-refractivity contribution < 1.29 is 10.0 Å². The Balaban J connectivity index is 1.49. The molecule has 1 aliphatic rings. The van der Waals surface area contributed by atoms with E-state index >= 15 is 0 Å². The van der Waals surface area contributed by atoms with E-state index in [1.54, 1.807) is 5.48 Å². The lowest BCUT2D eigenvalue weighted by molar-refractivity contribution is -0.124. The molecule has 0 saturated heterocycles. The van der Waals surface area contributed by atoms with E-state index < -0.39 is 5.91 Å². The van der Waals surface area contributed by atoms with Gasteiger partial charge in [0.25, 0.3) is 5.91 Å². The number of H-pyrrole nitrogens is 1. The Labute approximate surface area is 177 Å². The van der Waals surface area contributed by atoms with E-state index in [1.807, 2.05) is 6.92 Å². The normalized spacial score (nSPS) is 16.3. The van der Waals surface area contributed by atoms with E-state index in [-0.39, 0.29) is 0 Å². The number of allylic oxidation sites excluding steroid dienone is 1. The van der Waals surface area contributed by atoms with Gasteiger partial charge in [-0.05, 0) is 66.6 Å². The second-order valence-corrected chi connectivity index (χ2v) is 8.01. The highest BCUT2D eigenvalue weighted by Gasteiger charge is 2.27. The van der Waals surface area contributed by atoms with Crippen LogP contribution >= 0.6 is 0 Å². The Hall–Kier alpha value is -2.89. The second kappa shape index (κ2) is 8.86. The fourth-order valence-electron chi connectivity index (χ4n) is 4.67. The zero-order chi connectivity index (χ0) is 21.1. The highest BCUT2D eigenvalue weighted by molar-refractivity contribution is 5.94. The Morgan fingerprint density at radius 1 is 1.30 bits per heavy atom. The number of benzene rings is 2. The number of rotatable bonds is 7. The number of carbonyl (C=O) groups excluding carboxylic acids is 1. The molecule has 30 heavy (non-hydrogen) atoms. The summed E-state index contributed by atoms with van der Waals surface area (Å²) in [5, 5.41) is 10.1. The number of nitrogens with one attached hydrogen (secondary N) is 2. The zero-order valence-electron chi connectivity index (χ0n) is 17.6. The smallest absolute Gasteiger partial charge is 0.267 e. The van der Waals surface area contributed by atoms with Crippen LogP contribution in [-0.2, 0) is 17.6 Å².